The summed E-state index contributed by atoms with van der Waals surface area (Å²) in [5.74, 6) is 0.995. The molecule has 1 aliphatic rings. The molecule has 22 heavy (non-hydrogen) atoms. The number of hydrogen-bond acceptors (Lipinski definition) is 3. The summed E-state index contributed by atoms with van der Waals surface area (Å²) in [7, 11) is 0. The molecule has 0 radical (unpaired) electrons. The summed E-state index contributed by atoms with van der Waals surface area (Å²) < 4.78 is 6.97. The van der Waals surface area contributed by atoms with Crippen LogP contribution in [0.4, 0.5) is 0 Å². The van der Waals surface area contributed by atoms with Crippen LogP contribution in [0, 0.1) is 0 Å². The van der Waals surface area contributed by atoms with Crippen molar-refractivity contribution in [2.45, 2.75) is 19.6 Å². The molecule has 2 aromatic rings. The number of rotatable bonds is 5. The molecule has 1 heterocycles. The Morgan fingerprint density at radius 1 is 1.05 bits per heavy atom. The molecule has 0 saturated heterocycles. The van der Waals surface area contributed by atoms with E-state index in [0.717, 1.165) is 35.4 Å². The van der Waals surface area contributed by atoms with Crippen molar-refractivity contribution < 1.29 is 4.74 Å². The number of ether oxygens (including phenoxy) is 1. The van der Waals surface area contributed by atoms with E-state index in [2.05, 4.69) is 50.5 Å². The van der Waals surface area contributed by atoms with Crippen LogP contribution >= 0.6 is 15.9 Å². The molecule has 3 rings (SSSR count). The molecular weight excluding hydrogens is 340 g/mol. The van der Waals surface area contributed by atoms with E-state index in [-0.39, 0.29) is 0 Å². The van der Waals surface area contributed by atoms with Gasteiger partial charge in [0.15, 0.2) is 0 Å². The molecular formula is C18H19BrN2O. The average Bonchev–Trinajstić information content (AvgIpc) is 2.58. The summed E-state index contributed by atoms with van der Waals surface area (Å²) in [4.78, 5) is 4.58. The molecule has 1 N–H and O–H groups in total. The Balaban J connectivity index is 1.65. The fourth-order valence-electron chi connectivity index (χ4n) is 2.45. The highest BCUT2D eigenvalue weighted by Gasteiger charge is 2.11. The average molecular weight is 359 g/mol. The zero-order valence-corrected chi connectivity index (χ0v) is 14.0. The molecule has 3 nitrogen and oxygen atoms in total. The van der Waals surface area contributed by atoms with Gasteiger partial charge in [-0.2, -0.15) is 0 Å². The normalized spacial score (nSPS) is 14.3. The first-order chi connectivity index (χ1) is 10.8. The Morgan fingerprint density at radius 2 is 1.86 bits per heavy atom. The maximum absolute atomic E-state index is 5.88. The fourth-order valence-corrected chi connectivity index (χ4v) is 2.71. The number of hydrogen-bond donors (Lipinski definition) is 1. The lowest BCUT2D eigenvalue weighted by molar-refractivity contribution is 0.107. The van der Waals surface area contributed by atoms with Crippen molar-refractivity contribution in [3.63, 3.8) is 0 Å². The highest BCUT2D eigenvalue weighted by Crippen LogP contribution is 2.15. The van der Waals surface area contributed by atoms with Crippen LogP contribution in [0.1, 0.15) is 23.1 Å². The summed E-state index contributed by atoms with van der Waals surface area (Å²) in [6, 6.07) is 16.5. The maximum atomic E-state index is 5.88. The van der Waals surface area contributed by atoms with Gasteiger partial charge in [0, 0.05) is 23.1 Å². The first-order valence-corrected chi connectivity index (χ1v) is 8.31. The van der Waals surface area contributed by atoms with Gasteiger partial charge < -0.3 is 10.1 Å². The van der Waals surface area contributed by atoms with Crippen molar-refractivity contribution >= 4 is 21.8 Å². The molecule has 0 bridgehead atoms. The van der Waals surface area contributed by atoms with Gasteiger partial charge in [-0.1, -0.05) is 52.3 Å². The number of benzene rings is 2. The molecule has 4 heteroatoms. The quantitative estimate of drug-likeness (QED) is 0.878. The Kier molecular flexibility index (Phi) is 5.24. The van der Waals surface area contributed by atoms with E-state index in [1.807, 2.05) is 24.3 Å². The Morgan fingerprint density at radius 3 is 2.64 bits per heavy atom. The number of nitrogens with zero attached hydrogens (tertiary/aromatic N) is 1. The predicted molar refractivity (Wildman–Crippen MR) is 93.1 cm³/mol. The van der Waals surface area contributed by atoms with Gasteiger partial charge in [0.25, 0.3) is 0 Å². The SMILES string of the molecule is Brc1ccc(COCc2ccccc2C2=NCCCN2)cc1. The first kappa shape index (κ1) is 15.3. The third kappa shape index (κ3) is 3.96. The standard InChI is InChI=1S/C18H19BrN2O/c19-16-8-6-14(7-9-16)12-22-13-15-4-1-2-5-17(15)18-20-10-3-11-21-18/h1-2,4-9H,3,10-13H2,(H,20,21). The van der Waals surface area contributed by atoms with Gasteiger partial charge >= 0.3 is 0 Å². The van der Waals surface area contributed by atoms with Crippen molar-refractivity contribution in [3.8, 4) is 0 Å². The maximum Gasteiger partial charge on any atom is 0.128 e. The predicted octanol–water partition coefficient (Wildman–Crippen LogP) is 3.91. The summed E-state index contributed by atoms with van der Waals surface area (Å²) >= 11 is 3.44. The van der Waals surface area contributed by atoms with E-state index < -0.39 is 0 Å². The summed E-state index contributed by atoms with van der Waals surface area (Å²) in [6.45, 7) is 3.10. The highest BCUT2D eigenvalue weighted by molar-refractivity contribution is 9.10. The van der Waals surface area contributed by atoms with Crippen molar-refractivity contribution in [3.05, 3.63) is 69.7 Å². The lowest BCUT2D eigenvalue weighted by Crippen LogP contribution is -2.31. The van der Waals surface area contributed by atoms with Gasteiger partial charge in [-0.15, -0.1) is 0 Å². The van der Waals surface area contributed by atoms with Gasteiger partial charge in [-0.3, -0.25) is 4.99 Å². The van der Waals surface area contributed by atoms with E-state index in [0.29, 0.717) is 13.2 Å². The number of amidine groups is 1. The van der Waals surface area contributed by atoms with Crippen LogP contribution in [0.5, 0.6) is 0 Å². The molecule has 1 aliphatic heterocycles. The molecule has 0 fully saturated rings. The third-order valence-corrected chi connectivity index (χ3v) is 4.14. The van der Waals surface area contributed by atoms with Crippen molar-refractivity contribution in [1.29, 1.82) is 0 Å². The van der Waals surface area contributed by atoms with Crippen LogP contribution in [-0.2, 0) is 18.0 Å². The minimum Gasteiger partial charge on any atom is -0.372 e. The lowest BCUT2D eigenvalue weighted by atomic mass is 10.1. The van der Waals surface area contributed by atoms with E-state index >= 15 is 0 Å². The smallest absolute Gasteiger partial charge is 0.128 e. The van der Waals surface area contributed by atoms with Crippen LogP contribution in [0.25, 0.3) is 0 Å². The second-order valence-corrected chi connectivity index (χ2v) is 6.20. The number of aliphatic imine (C=N–C) groups is 1. The van der Waals surface area contributed by atoms with Crippen molar-refractivity contribution in [2.24, 2.45) is 4.99 Å². The topological polar surface area (TPSA) is 33.6 Å². The minimum absolute atomic E-state index is 0.590. The molecule has 2 aromatic carbocycles. The van der Waals surface area contributed by atoms with Gasteiger partial charge in [0.2, 0.25) is 0 Å². The minimum atomic E-state index is 0.590. The first-order valence-electron chi connectivity index (χ1n) is 7.52. The van der Waals surface area contributed by atoms with Crippen molar-refractivity contribution in [2.75, 3.05) is 13.1 Å². The van der Waals surface area contributed by atoms with Crippen molar-refractivity contribution in [1.82, 2.24) is 5.32 Å². The van der Waals surface area contributed by atoms with E-state index in [1.165, 1.54) is 11.1 Å². The van der Waals surface area contributed by atoms with E-state index in [1.54, 1.807) is 0 Å². The van der Waals surface area contributed by atoms with E-state index in [9.17, 15) is 0 Å². The molecule has 0 atom stereocenters. The Hall–Kier alpha value is -1.65. The molecule has 0 spiro atoms. The summed E-state index contributed by atoms with van der Waals surface area (Å²) in [5.41, 5.74) is 3.50. The lowest BCUT2D eigenvalue weighted by Gasteiger charge is -2.17. The molecule has 114 valence electrons. The monoisotopic (exact) mass is 358 g/mol. The Labute approximate surface area is 139 Å². The molecule has 0 aliphatic carbocycles. The van der Waals surface area contributed by atoms with Crippen LogP contribution in [-0.4, -0.2) is 18.9 Å². The van der Waals surface area contributed by atoms with E-state index in [4.69, 9.17) is 4.74 Å². The second kappa shape index (κ2) is 7.56. The molecule has 0 amide bonds. The number of halogens is 1. The zero-order chi connectivity index (χ0) is 15.2. The largest absolute Gasteiger partial charge is 0.372 e. The Bertz CT molecular complexity index is 652. The van der Waals surface area contributed by atoms with Crippen LogP contribution < -0.4 is 5.32 Å². The van der Waals surface area contributed by atoms with Gasteiger partial charge in [0.1, 0.15) is 5.84 Å². The fraction of sp³-hybridized carbons (Fsp3) is 0.278. The molecule has 0 unspecified atom stereocenters. The number of nitrogens with one attached hydrogen (secondary N) is 1. The summed E-state index contributed by atoms with van der Waals surface area (Å²) in [6.07, 6.45) is 1.10. The molecule has 0 aromatic heterocycles. The van der Waals surface area contributed by atoms with Gasteiger partial charge in [0.05, 0.1) is 13.2 Å². The van der Waals surface area contributed by atoms with Gasteiger partial charge in [-0.25, -0.2) is 0 Å². The van der Waals surface area contributed by atoms with Crippen LogP contribution in [0.2, 0.25) is 0 Å². The van der Waals surface area contributed by atoms with Gasteiger partial charge in [-0.05, 0) is 29.7 Å². The zero-order valence-electron chi connectivity index (χ0n) is 12.4. The summed E-state index contributed by atoms with van der Waals surface area (Å²) in [5, 5.41) is 3.38. The van der Waals surface area contributed by atoms with Crippen LogP contribution in [0.3, 0.4) is 0 Å². The van der Waals surface area contributed by atoms with Crippen LogP contribution in [0.15, 0.2) is 58.0 Å². The molecule has 0 saturated carbocycles. The highest BCUT2D eigenvalue weighted by atomic mass is 79.9. The second-order valence-electron chi connectivity index (χ2n) is 5.29. The third-order valence-electron chi connectivity index (χ3n) is 3.61.